The van der Waals surface area contributed by atoms with Gasteiger partial charge in [-0.05, 0) is 12.5 Å². The molecule has 1 aliphatic rings. The van der Waals surface area contributed by atoms with E-state index >= 15 is 0 Å². The Kier molecular flexibility index (Phi) is 2.93. The van der Waals surface area contributed by atoms with Gasteiger partial charge in [0.2, 0.25) is 5.95 Å². The van der Waals surface area contributed by atoms with E-state index in [2.05, 4.69) is 10.1 Å². The standard InChI is InChI=1S/C14H16N4O2/c1-8-3-2-4-9(5-8)11-7-18-12(16-14(15)17-18)6-10(11)13(19)20/h2-5,10-11H,6-7H2,1H3,(H2,15,17)(H,19,20). The monoisotopic (exact) mass is 272 g/mol. The lowest BCUT2D eigenvalue weighted by atomic mass is 9.81. The van der Waals surface area contributed by atoms with Gasteiger partial charge in [0.1, 0.15) is 5.82 Å². The Morgan fingerprint density at radius 1 is 1.50 bits per heavy atom. The van der Waals surface area contributed by atoms with E-state index in [0.29, 0.717) is 18.8 Å². The number of nitrogens with two attached hydrogens (primary N) is 1. The number of nitrogen functional groups attached to an aromatic ring is 1. The fraction of sp³-hybridized carbons (Fsp3) is 0.357. The van der Waals surface area contributed by atoms with Crippen LogP contribution in [0, 0.1) is 12.8 Å². The average Bonchev–Trinajstić information content (AvgIpc) is 2.76. The van der Waals surface area contributed by atoms with Crippen LogP contribution in [-0.2, 0) is 17.8 Å². The number of hydrogen-bond acceptors (Lipinski definition) is 4. The minimum Gasteiger partial charge on any atom is -0.481 e. The van der Waals surface area contributed by atoms with Gasteiger partial charge in [-0.3, -0.25) is 4.79 Å². The predicted octanol–water partition coefficient (Wildman–Crippen LogP) is 1.21. The predicted molar refractivity (Wildman–Crippen MR) is 73.2 cm³/mol. The van der Waals surface area contributed by atoms with Crippen LogP contribution in [0.5, 0.6) is 0 Å². The summed E-state index contributed by atoms with van der Waals surface area (Å²) >= 11 is 0. The number of carboxylic acid groups (broad SMARTS) is 1. The summed E-state index contributed by atoms with van der Waals surface area (Å²) in [6, 6.07) is 7.96. The van der Waals surface area contributed by atoms with Crippen molar-refractivity contribution in [2.24, 2.45) is 5.92 Å². The second-order valence-electron chi connectivity index (χ2n) is 5.24. The smallest absolute Gasteiger partial charge is 0.307 e. The van der Waals surface area contributed by atoms with Gasteiger partial charge < -0.3 is 10.8 Å². The molecular formula is C14H16N4O2. The average molecular weight is 272 g/mol. The number of aryl methyl sites for hydroxylation is 1. The maximum atomic E-state index is 11.6. The van der Waals surface area contributed by atoms with Crippen LogP contribution in [0.25, 0.3) is 0 Å². The maximum absolute atomic E-state index is 11.6. The third-order valence-corrected chi connectivity index (χ3v) is 3.81. The molecule has 6 heteroatoms. The number of nitrogens with zero attached hydrogens (tertiary/aromatic N) is 3. The summed E-state index contributed by atoms with van der Waals surface area (Å²) in [5.74, 6) is -0.550. The molecule has 0 bridgehead atoms. The van der Waals surface area contributed by atoms with Gasteiger partial charge in [0, 0.05) is 12.3 Å². The van der Waals surface area contributed by atoms with Crippen LogP contribution in [0.1, 0.15) is 22.9 Å². The first-order valence-electron chi connectivity index (χ1n) is 6.53. The minimum absolute atomic E-state index is 0.110. The Morgan fingerprint density at radius 3 is 3.00 bits per heavy atom. The van der Waals surface area contributed by atoms with Gasteiger partial charge >= 0.3 is 5.97 Å². The molecular weight excluding hydrogens is 256 g/mol. The summed E-state index contributed by atoms with van der Waals surface area (Å²) in [4.78, 5) is 15.6. The summed E-state index contributed by atoms with van der Waals surface area (Å²) in [5.41, 5.74) is 7.74. The summed E-state index contributed by atoms with van der Waals surface area (Å²) in [6.45, 7) is 2.50. The number of carboxylic acids is 1. The van der Waals surface area contributed by atoms with Crippen LogP contribution < -0.4 is 5.73 Å². The Morgan fingerprint density at radius 2 is 2.30 bits per heavy atom. The molecule has 1 aliphatic heterocycles. The van der Waals surface area contributed by atoms with Gasteiger partial charge in [-0.2, -0.15) is 4.98 Å². The summed E-state index contributed by atoms with van der Waals surface area (Å²) in [5, 5.41) is 13.6. The molecule has 2 atom stereocenters. The zero-order chi connectivity index (χ0) is 14.3. The van der Waals surface area contributed by atoms with Crippen LogP contribution in [0.3, 0.4) is 0 Å². The molecule has 104 valence electrons. The van der Waals surface area contributed by atoms with E-state index in [0.717, 1.165) is 11.1 Å². The number of hydrogen-bond donors (Lipinski definition) is 2. The van der Waals surface area contributed by atoms with Crippen LogP contribution in [0.15, 0.2) is 24.3 Å². The fourth-order valence-electron chi connectivity index (χ4n) is 2.84. The van der Waals surface area contributed by atoms with Crippen LogP contribution in [0.2, 0.25) is 0 Å². The van der Waals surface area contributed by atoms with Crippen molar-refractivity contribution < 1.29 is 9.90 Å². The Hall–Kier alpha value is -2.37. The van der Waals surface area contributed by atoms with E-state index in [1.54, 1.807) is 4.68 Å². The lowest BCUT2D eigenvalue weighted by Gasteiger charge is -2.29. The summed E-state index contributed by atoms with van der Waals surface area (Å²) in [6.07, 6.45) is 0.359. The molecule has 3 rings (SSSR count). The molecule has 6 nitrogen and oxygen atoms in total. The highest BCUT2D eigenvalue weighted by Gasteiger charge is 2.36. The molecule has 0 saturated heterocycles. The summed E-state index contributed by atoms with van der Waals surface area (Å²) < 4.78 is 1.72. The van der Waals surface area contributed by atoms with E-state index < -0.39 is 11.9 Å². The van der Waals surface area contributed by atoms with Gasteiger partial charge in [-0.15, -0.1) is 5.10 Å². The SMILES string of the molecule is Cc1cccc(C2Cn3nc(N)nc3CC2C(=O)O)c1. The molecule has 0 aliphatic carbocycles. The largest absolute Gasteiger partial charge is 0.481 e. The highest BCUT2D eigenvalue weighted by Crippen LogP contribution is 2.34. The van der Waals surface area contributed by atoms with Crippen LogP contribution in [0.4, 0.5) is 5.95 Å². The van der Waals surface area contributed by atoms with Gasteiger partial charge in [0.25, 0.3) is 0 Å². The number of benzene rings is 1. The number of anilines is 1. The van der Waals surface area contributed by atoms with E-state index in [-0.39, 0.29) is 11.9 Å². The van der Waals surface area contributed by atoms with E-state index in [1.807, 2.05) is 31.2 Å². The van der Waals surface area contributed by atoms with Crippen LogP contribution >= 0.6 is 0 Å². The number of carbonyl (C=O) groups is 1. The van der Waals surface area contributed by atoms with Crippen molar-refractivity contribution in [2.45, 2.75) is 25.8 Å². The van der Waals surface area contributed by atoms with Gasteiger partial charge in [0.05, 0.1) is 12.5 Å². The molecule has 2 unspecified atom stereocenters. The van der Waals surface area contributed by atoms with Crippen molar-refractivity contribution in [3.63, 3.8) is 0 Å². The molecule has 0 radical (unpaired) electrons. The fourth-order valence-corrected chi connectivity index (χ4v) is 2.84. The zero-order valence-corrected chi connectivity index (χ0v) is 11.2. The molecule has 0 fully saturated rings. The van der Waals surface area contributed by atoms with E-state index in [1.165, 1.54) is 0 Å². The summed E-state index contributed by atoms with van der Waals surface area (Å²) in [7, 11) is 0. The molecule has 2 aromatic rings. The molecule has 0 spiro atoms. The highest BCUT2D eigenvalue weighted by atomic mass is 16.4. The topological polar surface area (TPSA) is 94.0 Å². The first kappa shape index (κ1) is 12.7. The molecule has 20 heavy (non-hydrogen) atoms. The Labute approximate surface area is 116 Å². The van der Waals surface area contributed by atoms with Crippen molar-refractivity contribution in [1.29, 1.82) is 0 Å². The first-order chi connectivity index (χ1) is 9.54. The zero-order valence-electron chi connectivity index (χ0n) is 11.2. The maximum Gasteiger partial charge on any atom is 0.307 e. The normalized spacial score (nSPS) is 21.4. The van der Waals surface area contributed by atoms with Crippen molar-refractivity contribution in [2.75, 3.05) is 5.73 Å². The van der Waals surface area contributed by atoms with Gasteiger partial charge in [-0.1, -0.05) is 29.8 Å². The third-order valence-electron chi connectivity index (χ3n) is 3.81. The highest BCUT2D eigenvalue weighted by molar-refractivity contribution is 5.72. The van der Waals surface area contributed by atoms with Gasteiger partial charge in [0.15, 0.2) is 0 Å². The van der Waals surface area contributed by atoms with Crippen molar-refractivity contribution in [3.8, 4) is 0 Å². The Bertz CT molecular complexity index is 665. The van der Waals surface area contributed by atoms with Gasteiger partial charge in [-0.25, -0.2) is 4.68 Å². The lowest BCUT2D eigenvalue weighted by molar-refractivity contribution is -0.143. The number of aliphatic carboxylic acids is 1. The quantitative estimate of drug-likeness (QED) is 0.857. The number of fused-ring (bicyclic) bond motifs is 1. The van der Waals surface area contributed by atoms with E-state index in [9.17, 15) is 9.90 Å². The van der Waals surface area contributed by atoms with E-state index in [4.69, 9.17) is 5.73 Å². The molecule has 0 saturated carbocycles. The minimum atomic E-state index is -0.802. The first-order valence-corrected chi connectivity index (χ1v) is 6.53. The van der Waals surface area contributed by atoms with Crippen molar-refractivity contribution >= 4 is 11.9 Å². The number of aromatic nitrogens is 3. The Balaban J connectivity index is 2.02. The molecule has 1 aromatic heterocycles. The lowest BCUT2D eigenvalue weighted by Crippen LogP contribution is -2.33. The van der Waals surface area contributed by atoms with Crippen molar-refractivity contribution in [1.82, 2.24) is 14.8 Å². The molecule has 1 aromatic carbocycles. The molecule has 2 heterocycles. The molecule has 0 amide bonds. The second kappa shape index (κ2) is 4.63. The molecule has 3 N–H and O–H groups in total. The third kappa shape index (κ3) is 2.13. The number of rotatable bonds is 2. The van der Waals surface area contributed by atoms with Crippen LogP contribution in [-0.4, -0.2) is 25.8 Å². The van der Waals surface area contributed by atoms with Crippen molar-refractivity contribution in [3.05, 3.63) is 41.2 Å². The second-order valence-corrected chi connectivity index (χ2v) is 5.24.